The molecule has 126 valence electrons. The van der Waals surface area contributed by atoms with Crippen molar-refractivity contribution in [2.75, 3.05) is 13.2 Å². The molecular weight excluding hydrogens is 324 g/mol. The number of carbonyl (C=O) groups excluding carboxylic acids is 1. The number of phenols is 1. The lowest BCUT2D eigenvalue weighted by Crippen LogP contribution is -2.26. The molecule has 5 nitrogen and oxygen atoms in total. The van der Waals surface area contributed by atoms with Gasteiger partial charge in [0, 0.05) is 28.1 Å². The zero-order chi connectivity index (χ0) is 17.5. The van der Waals surface area contributed by atoms with Crippen LogP contribution in [-0.4, -0.2) is 30.3 Å². The van der Waals surface area contributed by atoms with E-state index in [9.17, 15) is 15.2 Å². The second-order valence-corrected chi connectivity index (χ2v) is 6.65. The number of ether oxygens (including phenoxy) is 1. The number of rotatable bonds is 7. The van der Waals surface area contributed by atoms with Crippen molar-refractivity contribution in [2.24, 2.45) is 0 Å². The van der Waals surface area contributed by atoms with Gasteiger partial charge in [0.05, 0.1) is 6.10 Å². The third-order valence-corrected chi connectivity index (χ3v) is 4.31. The van der Waals surface area contributed by atoms with E-state index in [0.717, 1.165) is 15.0 Å². The molecule has 1 aromatic carbocycles. The van der Waals surface area contributed by atoms with Crippen molar-refractivity contribution >= 4 is 33.4 Å². The van der Waals surface area contributed by atoms with Crippen molar-refractivity contribution in [1.82, 2.24) is 5.32 Å². The number of nitriles is 1. The van der Waals surface area contributed by atoms with Crippen molar-refractivity contribution in [1.29, 1.82) is 5.26 Å². The van der Waals surface area contributed by atoms with Crippen molar-refractivity contribution in [3.63, 3.8) is 0 Å². The molecule has 0 aliphatic rings. The Morgan fingerprint density at radius 1 is 1.50 bits per heavy atom. The summed E-state index contributed by atoms with van der Waals surface area (Å²) in [5.74, 6) is -0.208. The minimum Gasteiger partial charge on any atom is -0.507 e. The monoisotopic (exact) mass is 344 g/mol. The lowest BCUT2D eigenvalue weighted by molar-refractivity contribution is -0.117. The minimum absolute atomic E-state index is 0.0471. The van der Waals surface area contributed by atoms with Gasteiger partial charge in [0.25, 0.3) is 5.91 Å². The quantitative estimate of drug-likeness (QED) is 0.458. The molecule has 2 N–H and O–H groups in total. The molecule has 0 aliphatic carbocycles. The SMILES string of the molecule is CC(C)OCCCNC(=O)/C(C#N)=C\c1cc2c(O)cccc2s1. The molecule has 0 fully saturated rings. The maximum Gasteiger partial charge on any atom is 0.261 e. The molecule has 2 aromatic rings. The van der Waals surface area contributed by atoms with Crippen molar-refractivity contribution in [3.8, 4) is 11.8 Å². The molecule has 0 saturated carbocycles. The zero-order valence-corrected chi connectivity index (χ0v) is 14.5. The molecule has 0 unspecified atom stereocenters. The number of fused-ring (bicyclic) bond motifs is 1. The largest absolute Gasteiger partial charge is 0.507 e. The fraction of sp³-hybridized carbons (Fsp3) is 0.333. The van der Waals surface area contributed by atoms with E-state index in [1.54, 1.807) is 24.3 Å². The Morgan fingerprint density at radius 3 is 2.96 bits per heavy atom. The zero-order valence-electron chi connectivity index (χ0n) is 13.7. The highest BCUT2D eigenvalue weighted by atomic mass is 32.1. The van der Waals surface area contributed by atoms with E-state index in [1.807, 2.05) is 26.0 Å². The van der Waals surface area contributed by atoms with Gasteiger partial charge < -0.3 is 15.2 Å². The van der Waals surface area contributed by atoms with Crippen LogP contribution in [0.2, 0.25) is 0 Å². The fourth-order valence-corrected chi connectivity index (χ4v) is 3.14. The number of carbonyl (C=O) groups is 1. The normalized spacial score (nSPS) is 11.7. The van der Waals surface area contributed by atoms with Crippen molar-refractivity contribution in [2.45, 2.75) is 26.4 Å². The average molecular weight is 344 g/mol. The molecule has 2 rings (SSSR count). The summed E-state index contributed by atoms with van der Waals surface area (Å²) in [5.41, 5.74) is 0.0471. The highest BCUT2D eigenvalue weighted by Gasteiger charge is 2.10. The Morgan fingerprint density at radius 2 is 2.29 bits per heavy atom. The van der Waals surface area contributed by atoms with Gasteiger partial charge in [0.15, 0.2) is 0 Å². The number of hydrogen-bond acceptors (Lipinski definition) is 5. The van der Waals surface area contributed by atoms with E-state index >= 15 is 0 Å². The highest BCUT2D eigenvalue weighted by molar-refractivity contribution is 7.19. The van der Waals surface area contributed by atoms with Crippen molar-refractivity contribution in [3.05, 3.63) is 34.7 Å². The molecule has 0 aliphatic heterocycles. The van der Waals surface area contributed by atoms with Gasteiger partial charge in [-0.25, -0.2) is 0 Å². The third kappa shape index (κ3) is 4.82. The molecule has 1 heterocycles. The molecule has 0 spiro atoms. The predicted octanol–water partition coefficient (Wildman–Crippen LogP) is 3.45. The van der Waals surface area contributed by atoms with Gasteiger partial charge >= 0.3 is 0 Å². The van der Waals surface area contributed by atoms with Crippen molar-refractivity contribution < 1.29 is 14.6 Å². The first kappa shape index (κ1) is 18.0. The molecule has 24 heavy (non-hydrogen) atoms. The number of phenolic OH excluding ortho intramolecular Hbond substituents is 1. The molecule has 6 heteroatoms. The van der Waals surface area contributed by atoms with Crippen LogP contribution in [0, 0.1) is 11.3 Å². The van der Waals surface area contributed by atoms with Crippen LogP contribution in [0.1, 0.15) is 25.1 Å². The Hall–Kier alpha value is -2.36. The highest BCUT2D eigenvalue weighted by Crippen LogP contribution is 2.32. The molecular formula is C18H20N2O3S. The van der Waals surface area contributed by atoms with E-state index in [1.165, 1.54) is 11.3 Å². The molecule has 0 atom stereocenters. The second kappa shape index (κ2) is 8.48. The Bertz CT molecular complexity index is 787. The summed E-state index contributed by atoms with van der Waals surface area (Å²) in [6, 6.07) is 8.96. The minimum atomic E-state index is -0.399. The summed E-state index contributed by atoms with van der Waals surface area (Å²) in [4.78, 5) is 12.8. The number of thiophene rings is 1. The summed E-state index contributed by atoms with van der Waals surface area (Å²) >= 11 is 1.42. The van der Waals surface area contributed by atoms with Gasteiger partial charge in [-0.05, 0) is 44.5 Å². The van der Waals surface area contributed by atoms with Crippen LogP contribution < -0.4 is 5.32 Å². The number of amides is 1. The van der Waals surface area contributed by atoms with Crippen LogP contribution in [0.3, 0.4) is 0 Å². The van der Waals surface area contributed by atoms with E-state index in [0.29, 0.717) is 19.6 Å². The predicted molar refractivity (Wildman–Crippen MR) is 95.8 cm³/mol. The standard InChI is InChI=1S/C18H20N2O3S/c1-12(2)23-8-4-7-20-18(22)13(11-19)9-14-10-15-16(21)5-3-6-17(15)24-14/h3,5-6,9-10,12,21H,4,7-8H2,1-2H3,(H,20,22)/b13-9-. The molecule has 1 amide bonds. The maximum absolute atomic E-state index is 12.1. The molecule has 1 aromatic heterocycles. The first-order chi connectivity index (χ1) is 11.5. The Labute approximate surface area is 145 Å². The molecule has 0 radical (unpaired) electrons. The fourth-order valence-electron chi connectivity index (χ4n) is 2.12. The second-order valence-electron chi connectivity index (χ2n) is 5.54. The summed E-state index contributed by atoms with van der Waals surface area (Å²) in [6.45, 7) is 4.94. The van der Waals surface area contributed by atoms with E-state index in [2.05, 4.69) is 5.32 Å². The van der Waals surface area contributed by atoms with Gasteiger partial charge in [0.1, 0.15) is 17.4 Å². The van der Waals surface area contributed by atoms with Crippen LogP contribution in [0.4, 0.5) is 0 Å². The molecule has 0 saturated heterocycles. The smallest absolute Gasteiger partial charge is 0.261 e. The third-order valence-electron chi connectivity index (χ3n) is 3.27. The Kier molecular flexibility index (Phi) is 6.36. The average Bonchev–Trinajstić information content (AvgIpc) is 2.96. The number of nitrogens with zero attached hydrogens (tertiary/aromatic N) is 1. The van der Waals surface area contributed by atoms with E-state index in [-0.39, 0.29) is 17.4 Å². The van der Waals surface area contributed by atoms with Crippen LogP contribution in [0.25, 0.3) is 16.2 Å². The van der Waals surface area contributed by atoms with Gasteiger partial charge in [-0.3, -0.25) is 4.79 Å². The topological polar surface area (TPSA) is 82.3 Å². The summed E-state index contributed by atoms with van der Waals surface area (Å²) in [6.07, 6.45) is 2.41. The molecule has 0 bridgehead atoms. The van der Waals surface area contributed by atoms with Crippen LogP contribution in [0.15, 0.2) is 29.8 Å². The van der Waals surface area contributed by atoms with E-state index < -0.39 is 5.91 Å². The van der Waals surface area contributed by atoms with E-state index in [4.69, 9.17) is 4.74 Å². The van der Waals surface area contributed by atoms with Gasteiger partial charge in [-0.1, -0.05) is 6.07 Å². The number of hydrogen-bond donors (Lipinski definition) is 2. The van der Waals surface area contributed by atoms with Crippen LogP contribution in [0.5, 0.6) is 5.75 Å². The summed E-state index contributed by atoms with van der Waals surface area (Å²) < 4.78 is 6.31. The first-order valence-corrected chi connectivity index (χ1v) is 8.56. The number of benzene rings is 1. The Balaban J connectivity index is 2.01. The van der Waals surface area contributed by atoms with Crippen LogP contribution >= 0.6 is 11.3 Å². The van der Waals surface area contributed by atoms with Gasteiger partial charge in [0.2, 0.25) is 0 Å². The number of aromatic hydroxyl groups is 1. The van der Waals surface area contributed by atoms with Gasteiger partial charge in [-0.15, -0.1) is 11.3 Å². The lowest BCUT2D eigenvalue weighted by Gasteiger charge is -2.07. The first-order valence-electron chi connectivity index (χ1n) is 7.74. The van der Waals surface area contributed by atoms with Gasteiger partial charge in [-0.2, -0.15) is 5.26 Å². The van der Waals surface area contributed by atoms with Crippen LogP contribution in [-0.2, 0) is 9.53 Å². The lowest BCUT2D eigenvalue weighted by atomic mass is 10.2. The summed E-state index contributed by atoms with van der Waals surface area (Å²) in [7, 11) is 0. The number of nitrogens with one attached hydrogen (secondary N) is 1. The summed E-state index contributed by atoms with van der Waals surface area (Å²) in [5, 5.41) is 22.5. The maximum atomic E-state index is 12.1.